The predicted octanol–water partition coefficient (Wildman–Crippen LogP) is 17.6. The summed E-state index contributed by atoms with van der Waals surface area (Å²) in [5.74, 6) is 0. The van der Waals surface area contributed by atoms with Crippen molar-refractivity contribution in [3.05, 3.63) is 240 Å². The molecule has 1 heterocycles. The summed E-state index contributed by atoms with van der Waals surface area (Å²) in [5, 5.41) is 12.2. The summed E-state index contributed by atoms with van der Waals surface area (Å²) in [4.78, 5) is 0. The maximum atomic E-state index is 6.61. The molecule has 0 saturated heterocycles. The number of hydrogen-bond acceptors (Lipinski definition) is 1. The molecule has 2 aliphatic rings. The maximum Gasteiger partial charge on any atom is 0.143 e. The van der Waals surface area contributed by atoms with Crippen molar-refractivity contribution in [2.45, 2.75) is 12.3 Å². The Morgan fingerprint density at radius 3 is 1.63 bits per heavy atom. The third-order valence-corrected chi connectivity index (χ3v) is 14.7. The van der Waals surface area contributed by atoms with Gasteiger partial charge in [-0.2, -0.15) is 0 Å². The summed E-state index contributed by atoms with van der Waals surface area (Å²) >= 11 is 0. The lowest BCUT2D eigenvalue weighted by Crippen LogP contribution is -2.26. The van der Waals surface area contributed by atoms with Crippen LogP contribution in [-0.4, -0.2) is 0 Å². The molecule has 14 rings (SSSR count). The predicted molar refractivity (Wildman–Crippen MR) is 276 cm³/mol. The van der Waals surface area contributed by atoms with Gasteiger partial charge in [-0.15, -0.1) is 0 Å². The maximum absolute atomic E-state index is 6.61. The number of fused-ring (bicyclic) bond motifs is 18. The Bertz CT molecular complexity index is 4000. The van der Waals surface area contributed by atoms with E-state index in [1.807, 2.05) is 13.0 Å². The van der Waals surface area contributed by atoms with Crippen molar-refractivity contribution in [1.82, 2.24) is 0 Å². The summed E-state index contributed by atoms with van der Waals surface area (Å²) in [6.45, 7) is 6.21. The van der Waals surface area contributed by atoms with Gasteiger partial charge in [0.05, 0.1) is 5.41 Å². The zero-order valence-electron chi connectivity index (χ0n) is 35.8. The van der Waals surface area contributed by atoms with Gasteiger partial charge in [-0.25, -0.2) is 0 Å². The lowest BCUT2D eigenvalue weighted by molar-refractivity contribution is 0.668. The van der Waals surface area contributed by atoms with Gasteiger partial charge < -0.3 is 4.42 Å². The molecule has 0 unspecified atom stereocenters. The van der Waals surface area contributed by atoms with Crippen LogP contribution in [0.15, 0.2) is 211 Å². The number of furan rings is 1. The van der Waals surface area contributed by atoms with Crippen molar-refractivity contribution >= 4 is 77.2 Å². The van der Waals surface area contributed by atoms with Crippen LogP contribution in [0.5, 0.6) is 0 Å². The molecule has 0 atom stereocenters. The highest BCUT2D eigenvalue weighted by atomic mass is 16.3. The van der Waals surface area contributed by atoms with Gasteiger partial charge in [0.15, 0.2) is 0 Å². The molecule has 0 bridgehead atoms. The van der Waals surface area contributed by atoms with Gasteiger partial charge in [0, 0.05) is 16.3 Å². The number of allylic oxidation sites excluding steroid dienone is 1. The van der Waals surface area contributed by atoms with E-state index in [0.29, 0.717) is 0 Å². The van der Waals surface area contributed by atoms with Crippen LogP contribution in [0.3, 0.4) is 0 Å². The minimum absolute atomic E-state index is 0.506. The molecular formula is C64H40O. The van der Waals surface area contributed by atoms with Gasteiger partial charge >= 0.3 is 0 Å². The van der Waals surface area contributed by atoms with Crippen LogP contribution in [0, 0.1) is 0 Å². The van der Waals surface area contributed by atoms with Crippen molar-refractivity contribution in [3.63, 3.8) is 0 Å². The van der Waals surface area contributed by atoms with Gasteiger partial charge in [0.25, 0.3) is 0 Å². The van der Waals surface area contributed by atoms with Crippen LogP contribution in [0.1, 0.15) is 40.3 Å². The Balaban J connectivity index is 1.10. The zero-order valence-corrected chi connectivity index (χ0v) is 35.8. The molecule has 1 heteroatoms. The molecular weight excluding hydrogens is 785 g/mol. The lowest BCUT2D eigenvalue weighted by atomic mass is 9.69. The fourth-order valence-electron chi connectivity index (χ4n) is 12.2. The van der Waals surface area contributed by atoms with Crippen LogP contribution in [0.4, 0.5) is 0 Å². The first-order valence-corrected chi connectivity index (χ1v) is 22.6. The Morgan fingerprint density at radius 1 is 0.415 bits per heavy atom. The molecule has 65 heavy (non-hydrogen) atoms. The molecule has 0 saturated carbocycles. The van der Waals surface area contributed by atoms with E-state index >= 15 is 0 Å². The van der Waals surface area contributed by atoms with E-state index in [4.69, 9.17) is 4.42 Å². The molecule has 0 fully saturated rings. The normalized spacial score (nSPS) is 13.4. The molecule has 0 N–H and O–H groups in total. The van der Waals surface area contributed by atoms with Crippen molar-refractivity contribution < 1.29 is 4.42 Å². The first-order chi connectivity index (χ1) is 32.2. The SMILES string of the molecule is C=Cc1c(/C=C\C)ccc2c1oc1ccc(-c3c4ccccc4c(-c4cc5c(c6ccccc46)-c4cc6ccccc6cc4C54c5ccccc5-c5ccccc54)c4ccccc34)cc12. The molecule has 302 valence electrons. The molecule has 0 amide bonds. The van der Waals surface area contributed by atoms with E-state index < -0.39 is 5.41 Å². The summed E-state index contributed by atoms with van der Waals surface area (Å²) in [6, 6.07) is 73.1. The van der Waals surface area contributed by atoms with E-state index in [0.717, 1.165) is 38.6 Å². The summed E-state index contributed by atoms with van der Waals surface area (Å²) in [7, 11) is 0. The molecule has 1 nitrogen and oxygen atoms in total. The smallest absolute Gasteiger partial charge is 0.143 e. The molecule has 12 aromatic rings. The van der Waals surface area contributed by atoms with Crippen molar-refractivity contribution in [2.24, 2.45) is 0 Å². The largest absolute Gasteiger partial charge is 0.455 e. The highest BCUT2D eigenvalue weighted by Gasteiger charge is 2.52. The Hall–Kier alpha value is -8.26. The van der Waals surface area contributed by atoms with Crippen molar-refractivity contribution in [2.75, 3.05) is 0 Å². The molecule has 2 aliphatic carbocycles. The number of hydrogen-bond donors (Lipinski definition) is 0. The van der Waals surface area contributed by atoms with Gasteiger partial charge in [-0.05, 0) is 159 Å². The Labute approximate surface area is 376 Å². The minimum Gasteiger partial charge on any atom is -0.455 e. The van der Waals surface area contributed by atoms with E-state index in [-0.39, 0.29) is 0 Å². The first-order valence-electron chi connectivity index (χ1n) is 22.6. The quantitative estimate of drug-likeness (QED) is 0.161. The second kappa shape index (κ2) is 13.4. The number of benzene rings is 11. The topological polar surface area (TPSA) is 13.1 Å². The molecule has 1 aromatic heterocycles. The molecule has 1 spiro atoms. The average Bonchev–Trinajstić information content (AvgIpc) is 3.98. The fourth-order valence-corrected chi connectivity index (χ4v) is 12.2. The molecule has 0 radical (unpaired) electrons. The average molecular weight is 825 g/mol. The second-order valence-corrected chi connectivity index (χ2v) is 17.8. The fraction of sp³-hybridized carbons (Fsp3) is 0.0312. The van der Waals surface area contributed by atoms with Gasteiger partial charge in [0.2, 0.25) is 0 Å². The van der Waals surface area contributed by atoms with Crippen LogP contribution < -0.4 is 0 Å². The number of rotatable bonds is 4. The molecule has 0 aliphatic heterocycles. The van der Waals surface area contributed by atoms with Crippen LogP contribution >= 0.6 is 0 Å². The van der Waals surface area contributed by atoms with E-state index in [1.54, 1.807) is 0 Å². The zero-order chi connectivity index (χ0) is 43.0. The Morgan fingerprint density at radius 2 is 0.985 bits per heavy atom. The van der Waals surface area contributed by atoms with E-state index in [1.165, 1.54) is 104 Å². The Kier molecular flexibility index (Phi) is 7.46. The summed E-state index contributed by atoms with van der Waals surface area (Å²) in [6.07, 6.45) is 6.09. The van der Waals surface area contributed by atoms with Crippen LogP contribution in [0.2, 0.25) is 0 Å². The monoisotopic (exact) mass is 824 g/mol. The third-order valence-electron chi connectivity index (χ3n) is 14.7. The van der Waals surface area contributed by atoms with Gasteiger partial charge in [-0.3, -0.25) is 0 Å². The van der Waals surface area contributed by atoms with E-state index in [9.17, 15) is 0 Å². The van der Waals surface area contributed by atoms with Gasteiger partial charge in [-0.1, -0.05) is 183 Å². The van der Waals surface area contributed by atoms with Crippen LogP contribution in [-0.2, 0) is 5.41 Å². The first kappa shape index (κ1) is 36.2. The van der Waals surface area contributed by atoms with Gasteiger partial charge in [0.1, 0.15) is 11.2 Å². The summed E-state index contributed by atoms with van der Waals surface area (Å²) in [5.41, 5.74) is 18.9. The molecule has 11 aromatic carbocycles. The second-order valence-electron chi connectivity index (χ2n) is 17.8. The van der Waals surface area contributed by atoms with Crippen molar-refractivity contribution in [1.29, 1.82) is 0 Å². The highest BCUT2D eigenvalue weighted by molar-refractivity contribution is 6.25. The van der Waals surface area contributed by atoms with Crippen molar-refractivity contribution in [3.8, 4) is 44.5 Å². The summed E-state index contributed by atoms with van der Waals surface area (Å²) < 4.78 is 6.61. The third kappa shape index (κ3) is 4.72. The van der Waals surface area contributed by atoms with E-state index in [2.05, 4.69) is 213 Å². The highest BCUT2D eigenvalue weighted by Crippen LogP contribution is 2.65. The minimum atomic E-state index is -0.506. The lowest BCUT2D eigenvalue weighted by Gasteiger charge is -2.31. The standard InChI is InChI=1S/C64H40O/c1-3-17-38-30-32-51-52-35-41(31-33-59(52)65-63(51)42(38)4-2)60-47-24-9-11-26-49(47)61(50-27-12-10-25-48(50)60)53-37-58-62(46-23-8-7-20-43(46)53)54-34-39-18-5-6-19-40(39)36-57(54)64(58)55-28-15-13-21-44(55)45-22-14-16-29-56(45)64/h3-37H,2H2,1H3/b17-3-. The van der Waals surface area contributed by atoms with Crippen LogP contribution in [0.25, 0.3) is 122 Å².